The topological polar surface area (TPSA) is 38.7 Å². The summed E-state index contributed by atoms with van der Waals surface area (Å²) in [7, 11) is 0. The van der Waals surface area contributed by atoms with Crippen molar-refractivity contribution >= 4 is 0 Å². The Labute approximate surface area is 355 Å². The molecule has 0 bridgehead atoms. The molecular formula is C58H37N3. The molecule has 1 heterocycles. The third-order valence-corrected chi connectivity index (χ3v) is 12.6. The van der Waals surface area contributed by atoms with Crippen LogP contribution in [0.4, 0.5) is 0 Å². The standard InChI is InChI=1S/C58H37N3/c1-3-15-38(16-4-1)44-19-13-20-45(37-44)57-60-55(42-17-5-2-6-18-42)59-56(61-57)43-35-31-40(32-36-43)39-29-33-41(34-30-39)46-24-14-25-50-49-23-9-12-28-53(49)58(54(46)50)51-26-10-7-21-47(51)48-22-8-11-27-52(48)58/h1-37H. The normalized spacial score (nSPS) is 12.7. The maximum atomic E-state index is 5.06. The van der Waals surface area contributed by atoms with E-state index in [1.165, 1.54) is 55.6 Å². The molecule has 1 aromatic heterocycles. The van der Waals surface area contributed by atoms with E-state index in [1.807, 2.05) is 36.4 Å². The van der Waals surface area contributed by atoms with Gasteiger partial charge in [0.15, 0.2) is 17.5 Å². The highest BCUT2D eigenvalue weighted by atomic mass is 15.0. The molecule has 0 radical (unpaired) electrons. The first kappa shape index (κ1) is 35.0. The molecule has 61 heavy (non-hydrogen) atoms. The van der Waals surface area contributed by atoms with Gasteiger partial charge >= 0.3 is 0 Å². The van der Waals surface area contributed by atoms with Crippen LogP contribution in [0.25, 0.3) is 89.8 Å². The first-order valence-corrected chi connectivity index (χ1v) is 20.9. The highest BCUT2D eigenvalue weighted by molar-refractivity contribution is 5.98. The molecular weight excluding hydrogens is 739 g/mol. The summed E-state index contributed by atoms with van der Waals surface area (Å²) in [5, 5.41) is 0. The van der Waals surface area contributed by atoms with Gasteiger partial charge in [0.2, 0.25) is 0 Å². The van der Waals surface area contributed by atoms with E-state index in [2.05, 4.69) is 188 Å². The Morgan fingerprint density at radius 1 is 0.230 bits per heavy atom. The van der Waals surface area contributed by atoms with Gasteiger partial charge in [0.05, 0.1) is 5.41 Å². The van der Waals surface area contributed by atoms with Gasteiger partial charge in [-0.2, -0.15) is 0 Å². The summed E-state index contributed by atoms with van der Waals surface area (Å²) in [5.41, 5.74) is 20.1. The van der Waals surface area contributed by atoms with Crippen LogP contribution in [0.5, 0.6) is 0 Å². The Hall–Kier alpha value is -8.01. The summed E-state index contributed by atoms with van der Waals surface area (Å²) < 4.78 is 0. The van der Waals surface area contributed by atoms with Gasteiger partial charge in [-0.3, -0.25) is 0 Å². The van der Waals surface area contributed by atoms with Crippen LogP contribution in [0.2, 0.25) is 0 Å². The minimum absolute atomic E-state index is 0.399. The van der Waals surface area contributed by atoms with Gasteiger partial charge in [0.25, 0.3) is 0 Å². The van der Waals surface area contributed by atoms with Crippen molar-refractivity contribution in [1.29, 1.82) is 0 Å². The molecule has 0 saturated heterocycles. The van der Waals surface area contributed by atoms with E-state index >= 15 is 0 Å². The average molecular weight is 776 g/mol. The van der Waals surface area contributed by atoms with Gasteiger partial charge in [-0.15, -0.1) is 0 Å². The van der Waals surface area contributed by atoms with Gasteiger partial charge in [0, 0.05) is 16.7 Å². The number of rotatable bonds is 6. The van der Waals surface area contributed by atoms with Crippen LogP contribution in [0.15, 0.2) is 224 Å². The minimum atomic E-state index is -0.399. The Morgan fingerprint density at radius 2 is 0.574 bits per heavy atom. The zero-order chi connectivity index (χ0) is 40.3. The van der Waals surface area contributed by atoms with Crippen molar-refractivity contribution in [3.63, 3.8) is 0 Å². The fraction of sp³-hybridized carbons (Fsp3) is 0.0172. The van der Waals surface area contributed by atoms with E-state index in [0.29, 0.717) is 17.5 Å². The molecule has 0 N–H and O–H groups in total. The van der Waals surface area contributed by atoms with Gasteiger partial charge < -0.3 is 0 Å². The maximum Gasteiger partial charge on any atom is 0.164 e. The molecule has 0 saturated carbocycles. The Kier molecular flexibility index (Phi) is 8.07. The van der Waals surface area contributed by atoms with E-state index < -0.39 is 5.41 Å². The molecule has 12 rings (SSSR count). The lowest BCUT2D eigenvalue weighted by atomic mass is 9.68. The average Bonchev–Trinajstić information content (AvgIpc) is 3.82. The largest absolute Gasteiger partial charge is 0.208 e. The second-order valence-electron chi connectivity index (χ2n) is 15.9. The van der Waals surface area contributed by atoms with Crippen LogP contribution in [-0.2, 0) is 5.41 Å². The van der Waals surface area contributed by atoms with Crippen molar-refractivity contribution in [2.75, 3.05) is 0 Å². The molecule has 3 heteroatoms. The molecule has 2 aliphatic carbocycles. The highest BCUT2D eigenvalue weighted by Gasteiger charge is 2.52. The molecule has 3 nitrogen and oxygen atoms in total. The van der Waals surface area contributed by atoms with E-state index in [9.17, 15) is 0 Å². The molecule has 0 amide bonds. The van der Waals surface area contributed by atoms with Crippen molar-refractivity contribution in [3.05, 3.63) is 247 Å². The van der Waals surface area contributed by atoms with Crippen LogP contribution < -0.4 is 0 Å². The zero-order valence-corrected chi connectivity index (χ0v) is 33.2. The Morgan fingerprint density at radius 3 is 1.15 bits per heavy atom. The predicted octanol–water partition coefficient (Wildman–Crippen LogP) is 14.2. The van der Waals surface area contributed by atoms with Crippen LogP contribution in [0.3, 0.4) is 0 Å². The van der Waals surface area contributed by atoms with Crippen molar-refractivity contribution in [1.82, 2.24) is 15.0 Å². The van der Waals surface area contributed by atoms with Gasteiger partial charge in [0.1, 0.15) is 0 Å². The molecule has 284 valence electrons. The summed E-state index contributed by atoms with van der Waals surface area (Å²) in [6, 6.07) is 80.5. The number of aromatic nitrogens is 3. The quantitative estimate of drug-likeness (QED) is 0.169. The summed E-state index contributed by atoms with van der Waals surface area (Å²) >= 11 is 0. The number of benzene rings is 9. The van der Waals surface area contributed by atoms with Gasteiger partial charge in [-0.1, -0.05) is 218 Å². The second-order valence-corrected chi connectivity index (χ2v) is 15.9. The fourth-order valence-corrected chi connectivity index (χ4v) is 9.87. The Balaban J connectivity index is 0.916. The zero-order valence-electron chi connectivity index (χ0n) is 33.2. The van der Waals surface area contributed by atoms with Crippen molar-refractivity contribution in [3.8, 4) is 89.8 Å². The highest BCUT2D eigenvalue weighted by Crippen LogP contribution is 2.64. The van der Waals surface area contributed by atoms with Crippen molar-refractivity contribution < 1.29 is 0 Å². The van der Waals surface area contributed by atoms with E-state index in [0.717, 1.165) is 38.9 Å². The smallest absolute Gasteiger partial charge is 0.164 e. The number of fused-ring (bicyclic) bond motifs is 10. The third-order valence-electron chi connectivity index (χ3n) is 12.6. The number of hydrogen-bond acceptors (Lipinski definition) is 3. The number of hydrogen-bond donors (Lipinski definition) is 0. The summed E-state index contributed by atoms with van der Waals surface area (Å²) in [6.45, 7) is 0. The summed E-state index contributed by atoms with van der Waals surface area (Å²) in [5.74, 6) is 1.93. The summed E-state index contributed by atoms with van der Waals surface area (Å²) in [6.07, 6.45) is 0. The lowest BCUT2D eigenvalue weighted by molar-refractivity contribution is 0.796. The molecule has 9 aromatic carbocycles. The predicted molar refractivity (Wildman–Crippen MR) is 249 cm³/mol. The van der Waals surface area contributed by atoms with E-state index in [-0.39, 0.29) is 0 Å². The van der Waals surface area contributed by atoms with E-state index in [1.54, 1.807) is 0 Å². The van der Waals surface area contributed by atoms with Crippen LogP contribution in [0.1, 0.15) is 22.3 Å². The third kappa shape index (κ3) is 5.55. The molecule has 0 fully saturated rings. The first-order valence-electron chi connectivity index (χ1n) is 20.9. The molecule has 0 atom stereocenters. The van der Waals surface area contributed by atoms with Gasteiger partial charge in [-0.25, -0.2) is 15.0 Å². The SMILES string of the molecule is c1ccc(-c2cccc(-c3nc(-c4ccccc4)nc(-c4ccc(-c5ccc(-c6cccc7c6C6(c8ccccc8-c8ccccc86)c6ccccc6-7)cc5)cc4)n3)c2)cc1. The minimum Gasteiger partial charge on any atom is -0.208 e. The molecule has 0 unspecified atom stereocenters. The second kappa shape index (κ2) is 14.1. The van der Waals surface area contributed by atoms with Gasteiger partial charge in [-0.05, 0) is 84.0 Å². The van der Waals surface area contributed by atoms with Crippen molar-refractivity contribution in [2.24, 2.45) is 0 Å². The number of nitrogens with zero attached hydrogens (tertiary/aromatic N) is 3. The van der Waals surface area contributed by atoms with E-state index in [4.69, 9.17) is 15.0 Å². The molecule has 10 aromatic rings. The monoisotopic (exact) mass is 775 g/mol. The van der Waals surface area contributed by atoms with Crippen LogP contribution in [0, 0.1) is 0 Å². The molecule has 1 spiro atoms. The maximum absolute atomic E-state index is 5.06. The lowest BCUT2D eigenvalue weighted by Gasteiger charge is -2.32. The molecule has 0 aliphatic heterocycles. The fourth-order valence-electron chi connectivity index (χ4n) is 9.87. The Bertz CT molecular complexity index is 3220. The molecule has 2 aliphatic rings. The van der Waals surface area contributed by atoms with Crippen molar-refractivity contribution in [2.45, 2.75) is 5.41 Å². The van der Waals surface area contributed by atoms with Crippen LogP contribution >= 0.6 is 0 Å². The van der Waals surface area contributed by atoms with Crippen LogP contribution in [-0.4, -0.2) is 15.0 Å². The summed E-state index contributed by atoms with van der Waals surface area (Å²) in [4.78, 5) is 15.1. The lowest BCUT2D eigenvalue weighted by Crippen LogP contribution is -2.26. The first-order chi connectivity index (χ1) is 30.2.